The van der Waals surface area contributed by atoms with Crippen molar-refractivity contribution in [1.29, 1.82) is 0 Å². The number of para-hydroxylation sites is 2. The Balaban J connectivity index is 1.86. The zero-order valence-corrected chi connectivity index (χ0v) is 16.4. The number of aromatic carboxylic acids is 1. The van der Waals surface area contributed by atoms with E-state index in [-0.39, 0.29) is 29.4 Å². The topological polar surface area (TPSA) is 120 Å². The van der Waals surface area contributed by atoms with Gasteiger partial charge in [0.15, 0.2) is 10.6 Å². The summed E-state index contributed by atoms with van der Waals surface area (Å²) in [5, 5.41) is 31.2. The van der Waals surface area contributed by atoms with Crippen LogP contribution in [0.5, 0.6) is 11.6 Å². The Kier molecular flexibility index (Phi) is 5.03. The first-order valence-corrected chi connectivity index (χ1v) is 9.66. The van der Waals surface area contributed by atoms with Crippen LogP contribution in [0.1, 0.15) is 15.2 Å². The van der Waals surface area contributed by atoms with Crippen LogP contribution in [0.4, 0.5) is 5.69 Å². The maximum absolute atomic E-state index is 11.5. The first kappa shape index (κ1) is 19.3. The van der Waals surface area contributed by atoms with Gasteiger partial charge in [0, 0.05) is 12.6 Å². The quantitative estimate of drug-likeness (QED) is 0.549. The molecule has 150 valence electrons. The van der Waals surface area contributed by atoms with Gasteiger partial charge >= 0.3 is 5.97 Å². The minimum atomic E-state index is -1.22. The van der Waals surface area contributed by atoms with Crippen molar-refractivity contribution in [3.05, 3.63) is 86.9 Å². The fourth-order valence-corrected chi connectivity index (χ4v) is 3.87. The number of carbonyl (C=O) groups is 1. The molecule has 3 aromatic rings. The summed E-state index contributed by atoms with van der Waals surface area (Å²) in [6, 6.07) is 11.3. The predicted octanol–water partition coefficient (Wildman–Crippen LogP) is 2.33. The molecule has 2 heterocycles. The number of nitrogens with zero attached hydrogens (tertiary/aromatic N) is 4. The third kappa shape index (κ3) is 3.65. The van der Waals surface area contributed by atoms with E-state index in [1.54, 1.807) is 12.2 Å². The Morgan fingerprint density at radius 2 is 1.87 bits per heavy atom. The van der Waals surface area contributed by atoms with Gasteiger partial charge in [-0.3, -0.25) is 4.57 Å². The molecule has 0 bridgehead atoms. The molecule has 4 rings (SSSR count). The minimum Gasteiger partial charge on any atom is -0.508 e. The average Bonchev–Trinajstić information content (AvgIpc) is 3.25. The van der Waals surface area contributed by atoms with E-state index in [4.69, 9.17) is 0 Å². The lowest BCUT2D eigenvalue weighted by molar-refractivity contribution is 0.0697. The van der Waals surface area contributed by atoms with Gasteiger partial charge < -0.3 is 15.3 Å². The molecule has 30 heavy (non-hydrogen) atoms. The van der Waals surface area contributed by atoms with Gasteiger partial charge in [0.1, 0.15) is 5.75 Å². The Labute approximate surface area is 174 Å². The molecule has 0 fully saturated rings. The molecular formula is C21H16N4O4S. The number of aromatic nitrogens is 1. The third-order valence-corrected chi connectivity index (χ3v) is 5.27. The highest BCUT2D eigenvalue weighted by Gasteiger charge is 2.15. The van der Waals surface area contributed by atoms with Crippen molar-refractivity contribution in [2.75, 3.05) is 0 Å². The highest BCUT2D eigenvalue weighted by Crippen LogP contribution is 2.27. The maximum Gasteiger partial charge on any atom is 0.338 e. The molecule has 2 aromatic carbocycles. The number of rotatable bonds is 5. The molecule has 1 aliphatic rings. The molecule has 3 N–H and O–H groups in total. The molecule has 1 aromatic heterocycles. The number of hydrogen-bond donors (Lipinski definition) is 3. The number of allylic oxidation sites excluding steroid dienone is 1. The fraction of sp³-hybridized carbons (Fsp3) is 0.0476. The first-order chi connectivity index (χ1) is 14.5. The molecule has 8 nitrogen and oxygen atoms in total. The highest BCUT2D eigenvalue weighted by atomic mass is 32.1. The largest absolute Gasteiger partial charge is 0.508 e. The minimum absolute atomic E-state index is 0.0526. The van der Waals surface area contributed by atoms with Crippen LogP contribution >= 0.6 is 11.3 Å². The van der Waals surface area contributed by atoms with E-state index >= 15 is 0 Å². The van der Waals surface area contributed by atoms with Crippen molar-refractivity contribution in [2.24, 2.45) is 15.0 Å². The molecule has 1 aliphatic heterocycles. The lowest BCUT2D eigenvalue weighted by Gasteiger charge is -2.03. The molecular weight excluding hydrogens is 404 g/mol. The van der Waals surface area contributed by atoms with Gasteiger partial charge in [-0.05, 0) is 30.3 Å². The summed E-state index contributed by atoms with van der Waals surface area (Å²) in [5.41, 5.74) is 0.00500. The van der Waals surface area contributed by atoms with E-state index in [1.165, 1.54) is 16.7 Å². The van der Waals surface area contributed by atoms with Gasteiger partial charge in [-0.2, -0.15) is 0 Å². The van der Waals surface area contributed by atoms with Crippen LogP contribution in [0.3, 0.4) is 0 Å². The molecule has 0 unspecified atom stereocenters. The van der Waals surface area contributed by atoms with E-state index in [0.717, 1.165) is 28.1 Å². The van der Waals surface area contributed by atoms with Crippen LogP contribution in [0.2, 0.25) is 0 Å². The first-order valence-electron chi connectivity index (χ1n) is 8.85. The van der Waals surface area contributed by atoms with Crippen molar-refractivity contribution in [3.8, 4) is 11.6 Å². The Hall–Kier alpha value is -3.98. The van der Waals surface area contributed by atoms with E-state index in [1.807, 2.05) is 24.3 Å². The number of carboxylic acid groups (broad SMARTS) is 1. The van der Waals surface area contributed by atoms with Crippen molar-refractivity contribution in [2.45, 2.75) is 6.54 Å². The fourth-order valence-electron chi connectivity index (χ4n) is 2.90. The van der Waals surface area contributed by atoms with Crippen LogP contribution < -0.4 is 15.5 Å². The molecule has 0 aliphatic carbocycles. The summed E-state index contributed by atoms with van der Waals surface area (Å²) < 4.78 is 1.50. The van der Waals surface area contributed by atoms with Crippen LogP contribution in [-0.2, 0) is 6.54 Å². The van der Waals surface area contributed by atoms with Gasteiger partial charge in [-0.15, -0.1) is 6.58 Å². The van der Waals surface area contributed by atoms with E-state index in [2.05, 4.69) is 21.6 Å². The second-order valence-electron chi connectivity index (χ2n) is 6.31. The lowest BCUT2D eigenvalue weighted by atomic mass is 10.2. The third-order valence-electron chi connectivity index (χ3n) is 4.26. The molecule has 0 amide bonds. The van der Waals surface area contributed by atoms with Gasteiger partial charge in [0.05, 0.1) is 26.8 Å². The number of thiazole rings is 1. The number of phenolic OH excluding ortho intramolecular Hbond substituents is 1. The van der Waals surface area contributed by atoms with Crippen LogP contribution in [0, 0.1) is 0 Å². The van der Waals surface area contributed by atoms with Crippen LogP contribution in [0.15, 0.2) is 75.9 Å². The molecule has 0 radical (unpaired) electrons. The number of phenols is 1. The number of aromatic hydroxyl groups is 2. The summed E-state index contributed by atoms with van der Waals surface area (Å²) in [4.78, 5) is 25.6. The van der Waals surface area contributed by atoms with E-state index in [9.17, 15) is 20.1 Å². The Morgan fingerprint density at radius 3 is 2.50 bits per heavy atom. The number of fused-ring (bicyclic) bond motifs is 1. The van der Waals surface area contributed by atoms with Gasteiger partial charge in [0.25, 0.3) is 0 Å². The molecule has 9 heteroatoms. The predicted molar refractivity (Wildman–Crippen MR) is 111 cm³/mol. The maximum atomic E-state index is 11.5. The molecule has 0 atom stereocenters. The van der Waals surface area contributed by atoms with Gasteiger partial charge in [-0.1, -0.05) is 29.5 Å². The van der Waals surface area contributed by atoms with Crippen molar-refractivity contribution >= 4 is 29.1 Å². The van der Waals surface area contributed by atoms with Gasteiger partial charge in [0.2, 0.25) is 5.88 Å². The standard InChI is InChI=1S/C21H16N4O4S/c1-2-9-25-19(27)17(11-18-22-15-5-3-4-6-16(15)23-18)30-21(25)24-14-8-7-12(26)10-13(14)20(28)29/h2-8,10-11,26-27H,1,9H2,(H,28,29). The molecule has 0 saturated heterocycles. The zero-order chi connectivity index (χ0) is 21.3. The SMILES string of the molecule is C=CCn1c(O)c(C=C2N=c3ccccc3=N2)sc1=Nc1ccc(O)cc1C(=O)O. The van der Waals surface area contributed by atoms with E-state index in [0.29, 0.717) is 15.5 Å². The van der Waals surface area contributed by atoms with Gasteiger partial charge in [-0.25, -0.2) is 19.8 Å². The lowest BCUT2D eigenvalue weighted by Crippen LogP contribution is -2.19. The van der Waals surface area contributed by atoms with Crippen molar-refractivity contribution < 1.29 is 20.1 Å². The Bertz CT molecular complexity index is 1360. The second-order valence-corrected chi connectivity index (χ2v) is 7.31. The number of carboxylic acids is 1. The average molecular weight is 420 g/mol. The van der Waals surface area contributed by atoms with Crippen LogP contribution in [0.25, 0.3) is 6.08 Å². The summed E-state index contributed by atoms with van der Waals surface area (Å²) >= 11 is 1.16. The smallest absolute Gasteiger partial charge is 0.338 e. The summed E-state index contributed by atoms with van der Waals surface area (Å²) in [5.74, 6) is -0.998. The summed E-state index contributed by atoms with van der Waals surface area (Å²) in [7, 11) is 0. The van der Waals surface area contributed by atoms with E-state index < -0.39 is 5.97 Å². The monoisotopic (exact) mass is 420 g/mol. The number of hydrogen-bond acceptors (Lipinski definition) is 7. The zero-order valence-electron chi connectivity index (χ0n) is 15.6. The summed E-state index contributed by atoms with van der Waals surface area (Å²) in [6.07, 6.45) is 3.24. The highest BCUT2D eigenvalue weighted by molar-refractivity contribution is 7.10. The number of benzene rings is 2. The second kappa shape index (κ2) is 7.80. The van der Waals surface area contributed by atoms with Crippen molar-refractivity contribution in [3.63, 3.8) is 0 Å². The Morgan fingerprint density at radius 1 is 1.17 bits per heavy atom. The summed E-state index contributed by atoms with van der Waals surface area (Å²) in [6.45, 7) is 3.96. The van der Waals surface area contributed by atoms with Crippen LogP contribution in [-0.4, -0.2) is 25.9 Å². The van der Waals surface area contributed by atoms with Crippen molar-refractivity contribution in [1.82, 2.24) is 4.57 Å². The molecule has 0 spiro atoms. The normalized spacial score (nSPS) is 12.8. The molecule has 0 saturated carbocycles.